The molecular formula is C26H27FN6O3. The number of likely N-dealkylation sites (tertiary alicyclic amines) is 1. The van der Waals surface area contributed by atoms with Crippen LogP contribution in [0.2, 0.25) is 0 Å². The molecule has 3 aliphatic heterocycles. The van der Waals surface area contributed by atoms with Crippen LogP contribution in [0.25, 0.3) is 0 Å². The van der Waals surface area contributed by atoms with Crippen LogP contribution in [0.1, 0.15) is 52.0 Å². The molecule has 1 atom stereocenters. The van der Waals surface area contributed by atoms with Crippen LogP contribution in [0.5, 0.6) is 0 Å². The van der Waals surface area contributed by atoms with Gasteiger partial charge in [-0.2, -0.15) is 5.11 Å². The monoisotopic (exact) mass is 490 g/mol. The third kappa shape index (κ3) is 5.02. The Labute approximate surface area is 207 Å². The lowest BCUT2D eigenvalue weighted by molar-refractivity contribution is -0.115. The molecule has 3 amide bonds. The van der Waals surface area contributed by atoms with Crippen molar-refractivity contribution in [3.63, 3.8) is 0 Å². The first kappa shape index (κ1) is 23.8. The van der Waals surface area contributed by atoms with E-state index >= 15 is 0 Å². The van der Waals surface area contributed by atoms with Gasteiger partial charge in [-0.05, 0) is 55.5 Å². The Kier molecular flexibility index (Phi) is 6.84. The fourth-order valence-electron chi connectivity index (χ4n) is 4.90. The van der Waals surface area contributed by atoms with Gasteiger partial charge in [-0.1, -0.05) is 6.07 Å². The van der Waals surface area contributed by atoms with Crippen molar-refractivity contribution >= 4 is 17.7 Å². The molecule has 1 aromatic carbocycles. The molecule has 10 heteroatoms. The molecule has 0 aliphatic carbocycles. The summed E-state index contributed by atoms with van der Waals surface area (Å²) < 4.78 is 14.7. The number of carbonyl (C=O) groups is 3. The van der Waals surface area contributed by atoms with Crippen LogP contribution in [-0.4, -0.2) is 59.3 Å². The molecule has 1 fully saturated rings. The van der Waals surface area contributed by atoms with E-state index in [9.17, 15) is 18.8 Å². The zero-order valence-corrected chi connectivity index (χ0v) is 19.7. The minimum Gasteiger partial charge on any atom is -0.386 e. The molecule has 3 aliphatic rings. The van der Waals surface area contributed by atoms with Gasteiger partial charge in [0.1, 0.15) is 11.9 Å². The summed E-state index contributed by atoms with van der Waals surface area (Å²) in [5.41, 5.74) is 2.70. The Balaban J connectivity index is 1.22. The minimum atomic E-state index is -0.577. The molecule has 0 radical (unpaired) electrons. The number of carbonyl (C=O) groups excluding carboxylic acids is 3. The molecule has 2 N–H and O–H groups in total. The van der Waals surface area contributed by atoms with Gasteiger partial charge in [0.15, 0.2) is 0 Å². The summed E-state index contributed by atoms with van der Waals surface area (Å²) in [4.78, 5) is 43.2. The second kappa shape index (κ2) is 10.3. The lowest BCUT2D eigenvalue weighted by Gasteiger charge is -2.32. The number of nitrogens with one attached hydrogen (secondary N) is 2. The van der Waals surface area contributed by atoms with Gasteiger partial charge in [-0.15, -0.1) is 5.11 Å². The van der Waals surface area contributed by atoms with E-state index in [0.29, 0.717) is 49.9 Å². The highest BCUT2D eigenvalue weighted by molar-refractivity contribution is 5.96. The second-order valence-corrected chi connectivity index (χ2v) is 9.26. The molecule has 0 bridgehead atoms. The molecule has 4 heterocycles. The number of aromatic nitrogens is 1. The summed E-state index contributed by atoms with van der Waals surface area (Å²) in [6, 6.07) is 7.50. The molecule has 0 spiro atoms. The van der Waals surface area contributed by atoms with Crippen LogP contribution < -0.4 is 10.6 Å². The maximum atomic E-state index is 14.7. The van der Waals surface area contributed by atoms with E-state index in [4.69, 9.17) is 0 Å². The van der Waals surface area contributed by atoms with E-state index < -0.39 is 5.82 Å². The molecular weight excluding hydrogens is 463 g/mol. The van der Waals surface area contributed by atoms with Crippen LogP contribution >= 0.6 is 0 Å². The summed E-state index contributed by atoms with van der Waals surface area (Å²) >= 11 is 0. The van der Waals surface area contributed by atoms with E-state index in [1.807, 2.05) is 0 Å². The molecule has 1 saturated heterocycles. The highest BCUT2D eigenvalue weighted by Gasteiger charge is 2.30. The van der Waals surface area contributed by atoms with E-state index in [1.165, 1.54) is 12.3 Å². The van der Waals surface area contributed by atoms with Gasteiger partial charge in [0.25, 0.3) is 17.7 Å². The highest BCUT2D eigenvalue weighted by Crippen LogP contribution is 2.27. The Bertz CT molecular complexity index is 1240. The Hall–Kier alpha value is -3.95. The van der Waals surface area contributed by atoms with Gasteiger partial charge >= 0.3 is 0 Å². The van der Waals surface area contributed by atoms with Crippen molar-refractivity contribution in [1.29, 1.82) is 0 Å². The lowest BCUT2D eigenvalue weighted by Crippen LogP contribution is -2.46. The van der Waals surface area contributed by atoms with Crippen LogP contribution in [-0.2, 0) is 11.2 Å². The maximum absolute atomic E-state index is 14.7. The van der Waals surface area contributed by atoms with Crippen LogP contribution in [0.3, 0.4) is 0 Å². The quantitative estimate of drug-likeness (QED) is 0.669. The minimum absolute atomic E-state index is 0.0139. The molecule has 2 aromatic rings. The van der Waals surface area contributed by atoms with E-state index in [-0.39, 0.29) is 35.4 Å². The van der Waals surface area contributed by atoms with Crippen molar-refractivity contribution in [1.82, 2.24) is 20.5 Å². The highest BCUT2D eigenvalue weighted by atomic mass is 19.1. The molecule has 186 valence electrons. The second-order valence-electron chi connectivity index (χ2n) is 9.26. The Morgan fingerprint density at radius 1 is 1.19 bits per heavy atom. The van der Waals surface area contributed by atoms with Crippen molar-refractivity contribution < 1.29 is 18.8 Å². The number of benzene rings is 1. The largest absolute Gasteiger partial charge is 0.386 e. The normalized spacial score (nSPS) is 20.1. The predicted molar refractivity (Wildman–Crippen MR) is 129 cm³/mol. The summed E-state index contributed by atoms with van der Waals surface area (Å²) in [6.45, 7) is 1.60. The summed E-state index contributed by atoms with van der Waals surface area (Å²) in [7, 11) is 0. The lowest BCUT2D eigenvalue weighted by atomic mass is 9.93. The third-order valence-corrected chi connectivity index (χ3v) is 6.85. The zero-order chi connectivity index (χ0) is 25.1. The average Bonchev–Trinajstić information content (AvgIpc) is 2.92. The molecule has 36 heavy (non-hydrogen) atoms. The molecule has 9 nitrogen and oxygen atoms in total. The van der Waals surface area contributed by atoms with Gasteiger partial charge in [0, 0.05) is 55.8 Å². The van der Waals surface area contributed by atoms with E-state index in [2.05, 4.69) is 25.8 Å². The van der Waals surface area contributed by atoms with Crippen LogP contribution in [0.4, 0.5) is 4.39 Å². The predicted octanol–water partition coefficient (Wildman–Crippen LogP) is 2.80. The number of hydrogen-bond donors (Lipinski definition) is 2. The number of azo groups is 1. The Morgan fingerprint density at radius 3 is 2.81 bits per heavy atom. The van der Waals surface area contributed by atoms with Crippen molar-refractivity contribution in [2.45, 2.75) is 44.2 Å². The number of pyridine rings is 1. The summed E-state index contributed by atoms with van der Waals surface area (Å²) in [5, 5.41) is 14.2. The number of amides is 3. The van der Waals surface area contributed by atoms with Gasteiger partial charge < -0.3 is 15.5 Å². The number of nitrogens with zero attached hydrogens (tertiary/aromatic N) is 4. The van der Waals surface area contributed by atoms with Gasteiger partial charge in [0.2, 0.25) is 0 Å². The van der Waals surface area contributed by atoms with Crippen LogP contribution in [0.15, 0.2) is 64.2 Å². The smallest absolute Gasteiger partial charge is 0.292 e. The third-order valence-electron chi connectivity index (χ3n) is 6.85. The molecule has 1 aromatic heterocycles. The summed E-state index contributed by atoms with van der Waals surface area (Å²) in [5.74, 6) is -1.45. The fourth-order valence-corrected chi connectivity index (χ4v) is 4.90. The zero-order valence-electron chi connectivity index (χ0n) is 19.7. The number of halogens is 1. The maximum Gasteiger partial charge on any atom is 0.292 e. The van der Waals surface area contributed by atoms with Gasteiger partial charge in [-0.3, -0.25) is 19.4 Å². The van der Waals surface area contributed by atoms with E-state index in [0.717, 1.165) is 24.2 Å². The van der Waals surface area contributed by atoms with Crippen molar-refractivity contribution in [3.05, 3.63) is 76.5 Å². The first-order chi connectivity index (χ1) is 17.5. The first-order valence-electron chi connectivity index (χ1n) is 12.2. The number of piperidine rings is 1. The molecule has 5 rings (SSSR count). The fraction of sp³-hybridized carbons (Fsp3) is 0.385. The van der Waals surface area contributed by atoms with Crippen molar-refractivity contribution in [2.24, 2.45) is 10.2 Å². The molecule has 1 unspecified atom stereocenters. The number of rotatable bonds is 5. The molecule has 0 saturated carbocycles. The van der Waals surface area contributed by atoms with E-state index in [1.54, 1.807) is 35.4 Å². The summed E-state index contributed by atoms with van der Waals surface area (Å²) in [6.07, 6.45) is 6.23. The topological polar surface area (TPSA) is 116 Å². The number of hydrogen-bond acceptors (Lipinski definition) is 6. The SMILES string of the molecule is O=C1N=NC(Cc2ccc(F)c(C(=O)N3CCC(NC(=O)c4cccnc4)CC3)c2)C2=C1CCCN2. The van der Waals surface area contributed by atoms with Gasteiger partial charge in [0.05, 0.1) is 11.1 Å². The first-order valence-corrected chi connectivity index (χ1v) is 12.2. The van der Waals surface area contributed by atoms with Crippen molar-refractivity contribution in [2.75, 3.05) is 19.6 Å². The van der Waals surface area contributed by atoms with Gasteiger partial charge in [-0.25, -0.2) is 4.39 Å². The Morgan fingerprint density at radius 2 is 2.03 bits per heavy atom. The van der Waals surface area contributed by atoms with Crippen LogP contribution in [0, 0.1) is 5.82 Å². The standard InChI is InChI=1S/C26H27FN6O3/c27-21-6-5-16(14-22-23-19(4-2-10-29-23)25(35)32-31-22)13-20(21)26(36)33-11-7-18(8-12-33)30-24(34)17-3-1-9-28-15-17/h1,3,5-6,9,13,15,18,22,29H,2,4,7-8,10-12,14H2,(H,30,34). The average molecular weight is 491 g/mol. The van der Waals surface area contributed by atoms with Crippen molar-refractivity contribution in [3.8, 4) is 0 Å².